The van der Waals surface area contributed by atoms with Gasteiger partial charge in [-0.05, 0) is 37.3 Å². The van der Waals surface area contributed by atoms with Gasteiger partial charge in [0.15, 0.2) is 0 Å². The second kappa shape index (κ2) is 7.14. The van der Waals surface area contributed by atoms with Gasteiger partial charge in [0.25, 0.3) is 0 Å². The highest BCUT2D eigenvalue weighted by Gasteiger charge is 2.45. The highest BCUT2D eigenvalue weighted by atomic mass is 35.5. The fourth-order valence-corrected chi connectivity index (χ4v) is 2.79. The van der Waals surface area contributed by atoms with Crippen LogP contribution in [0.4, 0.5) is 4.79 Å². The SMILES string of the molecule is CCC(O)CCNC(=O)NCC1(c2ccccc2Cl)CC1. The van der Waals surface area contributed by atoms with Gasteiger partial charge in [0.05, 0.1) is 6.10 Å². The molecule has 0 aromatic heterocycles. The van der Waals surface area contributed by atoms with E-state index in [0.717, 1.165) is 23.4 Å². The Morgan fingerprint density at radius 3 is 2.71 bits per heavy atom. The minimum atomic E-state index is -0.344. The first-order chi connectivity index (χ1) is 10.1. The Hall–Kier alpha value is -1.26. The Morgan fingerprint density at radius 1 is 1.38 bits per heavy atom. The van der Waals surface area contributed by atoms with Crippen LogP contribution >= 0.6 is 11.6 Å². The molecule has 1 aliphatic rings. The van der Waals surface area contributed by atoms with Crippen molar-refractivity contribution in [2.75, 3.05) is 13.1 Å². The van der Waals surface area contributed by atoms with E-state index in [9.17, 15) is 9.90 Å². The van der Waals surface area contributed by atoms with Crippen molar-refractivity contribution < 1.29 is 9.90 Å². The van der Waals surface area contributed by atoms with Crippen molar-refractivity contribution in [2.45, 2.75) is 44.1 Å². The molecule has 0 saturated heterocycles. The van der Waals surface area contributed by atoms with E-state index in [4.69, 9.17) is 11.6 Å². The first-order valence-corrected chi connectivity index (χ1v) is 7.90. The van der Waals surface area contributed by atoms with Crippen molar-refractivity contribution in [3.63, 3.8) is 0 Å². The van der Waals surface area contributed by atoms with E-state index in [1.807, 2.05) is 31.2 Å². The minimum absolute atomic E-state index is 0.00137. The molecule has 0 heterocycles. The van der Waals surface area contributed by atoms with Gasteiger partial charge >= 0.3 is 6.03 Å². The number of nitrogens with one attached hydrogen (secondary N) is 2. The van der Waals surface area contributed by atoms with Gasteiger partial charge in [0, 0.05) is 23.5 Å². The lowest BCUT2D eigenvalue weighted by Crippen LogP contribution is -2.40. The van der Waals surface area contributed by atoms with Gasteiger partial charge in [-0.1, -0.05) is 36.7 Å². The molecule has 0 bridgehead atoms. The predicted octanol–water partition coefficient (Wildman–Crippen LogP) is 2.83. The van der Waals surface area contributed by atoms with Crippen LogP contribution in [-0.2, 0) is 5.41 Å². The molecule has 3 N–H and O–H groups in total. The minimum Gasteiger partial charge on any atom is -0.393 e. The summed E-state index contributed by atoms with van der Waals surface area (Å²) >= 11 is 6.24. The summed E-state index contributed by atoms with van der Waals surface area (Å²) in [5.74, 6) is 0. The van der Waals surface area contributed by atoms with Crippen LogP contribution in [0.2, 0.25) is 5.02 Å². The van der Waals surface area contributed by atoms with Gasteiger partial charge in [-0.2, -0.15) is 0 Å². The van der Waals surface area contributed by atoms with Gasteiger partial charge in [-0.3, -0.25) is 0 Å². The molecule has 0 aliphatic heterocycles. The zero-order valence-corrected chi connectivity index (χ0v) is 13.1. The summed E-state index contributed by atoms with van der Waals surface area (Å²) in [7, 11) is 0. The number of aliphatic hydroxyl groups is 1. The quantitative estimate of drug-likeness (QED) is 0.725. The third kappa shape index (κ3) is 4.35. The van der Waals surface area contributed by atoms with Crippen LogP contribution in [0.1, 0.15) is 38.2 Å². The Labute approximate surface area is 130 Å². The maximum absolute atomic E-state index is 11.8. The Balaban J connectivity index is 1.78. The average Bonchev–Trinajstić information content (AvgIpc) is 3.26. The number of rotatable bonds is 7. The maximum atomic E-state index is 11.8. The fourth-order valence-electron chi connectivity index (χ4n) is 2.45. The normalized spacial score (nSPS) is 17.1. The highest BCUT2D eigenvalue weighted by molar-refractivity contribution is 6.31. The van der Waals surface area contributed by atoms with Crippen molar-refractivity contribution in [1.29, 1.82) is 0 Å². The second-order valence-electron chi connectivity index (χ2n) is 5.72. The van der Waals surface area contributed by atoms with Gasteiger partial charge < -0.3 is 15.7 Å². The molecule has 1 aromatic rings. The molecule has 1 saturated carbocycles. The molecule has 5 heteroatoms. The average molecular weight is 311 g/mol. The number of halogens is 1. The molecule has 1 atom stereocenters. The standard InChI is InChI=1S/C16H23ClN2O2/c1-2-12(20)7-10-18-15(21)19-11-16(8-9-16)13-5-3-4-6-14(13)17/h3-6,12,20H,2,7-11H2,1H3,(H2,18,19,21). The number of aliphatic hydroxyl groups excluding tert-OH is 1. The number of benzene rings is 1. The number of urea groups is 1. The first kappa shape index (κ1) is 16.1. The summed E-state index contributed by atoms with van der Waals surface area (Å²) < 4.78 is 0. The van der Waals surface area contributed by atoms with Crippen LogP contribution in [0.25, 0.3) is 0 Å². The Bertz CT molecular complexity index is 489. The topological polar surface area (TPSA) is 61.4 Å². The Morgan fingerprint density at radius 2 is 2.10 bits per heavy atom. The smallest absolute Gasteiger partial charge is 0.314 e. The van der Waals surface area contributed by atoms with E-state index in [-0.39, 0.29) is 17.6 Å². The van der Waals surface area contributed by atoms with Crippen molar-refractivity contribution in [3.05, 3.63) is 34.9 Å². The number of hydrogen-bond donors (Lipinski definition) is 3. The number of carbonyl (C=O) groups is 1. The molecular weight excluding hydrogens is 288 g/mol. The van der Waals surface area contributed by atoms with Crippen molar-refractivity contribution in [3.8, 4) is 0 Å². The van der Waals surface area contributed by atoms with E-state index in [2.05, 4.69) is 10.6 Å². The molecule has 1 unspecified atom stereocenters. The van der Waals surface area contributed by atoms with Crippen molar-refractivity contribution in [1.82, 2.24) is 10.6 Å². The molecule has 1 aromatic carbocycles. The molecule has 1 fully saturated rings. The molecule has 4 nitrogen and oxygen atoms in total. The van der Waals surface area contributed by atoms with Gasteiger partial charge in [0.1, 0.15) is 0 Å². The molecule has 0 radical (unpaired) electrons. The van der Waals surface area contributed by atoms with Gasteiger partial charge in [0.2, 0.25) is 0 Å². The van der Waals surface area contributed by atoms with Crippen LogP contribution in [-0.4, -0.2) is 30.3 Å². The van der Waals surface area contributed by atoms with Crippen LogP contribution < -0.4 is 10.6 Å². The van der Waals surface area contributed by atoms with Crippen LogP contribution in [0, 0.1) is 0 Å². The van der Waals surface area contributed by atoms with Gasteiger partial charge in [-0.15, -0.1) is 0 Å². The summed E-state index contributed by atoms with van der Waals surface area (Å²) in [6.07, 6.45) is 3.04. The third-order valence-electron chi connectivity index (χ3n) is 4.12. The van der Waals surface area contributed by atoms with Crippen LogP contribution in [0.5, 0.6) is 0 Å². The largest absolute Gasteiger partial charge is 0.393 e. The zero-order chi connectivity index (χ0) is 15.3. The number of carbonyl (C=O) groups excluding carboxylic acids is 1. The molecule has 116 valence electrons. The van der Waals surface area contributed by atoms with Crippen molar-refractivity contribution in [2.24, 2.45) is 0 Å². The van der Waals surface area contributed by atoms with Crippen molar-refractivity contribution >= 4 is 17.6 Å². The summed E-state index contributed by atoms with van der Waals surface area (Å²) in [6.45, 7) is 3.00. The van der Waals surface area contributed by atoms with E-state index in [0.29, 0.717) is 25.9 Å². The third-order valence-corrected chi connectivity index (χ3v) is 4.45. The Kier molecular flexibility index (Phi) is 5.48. The van der Waals surface area contributed by atoms with E-state index >= 15 is 0 Å². The molecular formula is C16H23ClN2O2. The molecule has 2 amide bonds. The van der Waals surface area contributed by atoms with Crippen LogP contribution in [0.3, 0.4) is 0 Å². The molecule has 1 aliphatic carbocycles. The van der Waals surface area contributed by atoms with E-state index in [1.165, 1.54) is 0 Å². The maximum Gasteiger partial charge on any atom is 0.314 e. The fraction of sp³-hybridized carbons (Fsp3) is 0.562. The lowest BCUT2D eigenvalue weighted by molar-refractivity contribution is 0.160. The summed E-state index contributed by atoms with van der Waals surface area (Å²) in [5, 5.41) is 15.9. The lowest BCUT2D eigenvalue weighted by Gasteiger charge is -2.18. The summed E-state index contributed by atoms with van der Waals surface area (Å²) in [6, 6.07) is 7.64. The van der Waals surface area contributed by atoms with E-state index in [1.54, 1.807) is 0 Å². The van der Waals surface area contributed by atoms with Crippen LogP contribution in [0.15, 0.2) is 24.3 Å². The summed E-state index contributed by atoms with van der Waals surface area (Å²) in [5.41, 5.74) is 1.12. The summed E-state index contributed by atoms with van der Waals surface area (Å²) in [4.78, 5) is 11.8. The van der Waals surface area contributed by atoms with Gasteiger partial charge in [-0.25, -0.2) is 4.79 Å². The molecule has 2 rings (SSSR count). The first-order valence-electron chi connectivity index (χ1n) is 7.52. The molecule has 21 heavy (non-hydrogen) atoms. The van der Waals surface area contributed by atoms with E-state index < -0.39 is 0 Å². The molecule has 0 spiro atoms. The predicted molar refractivity (Wildman–Crippen MR) is 84.7 cm³/mol. The monoisotopic (exact) mass is 310 g/mol. The lowest BCUT2D eigenvalue weighted by atomic mass is 9.96. The zero-order valence-electron chi connectivity index (χ0n) is 12.4. The second-order valence-corrected chi connectivity index (χ2v) is 6.13. The number of hydrogen-bond acceptors (Lipinski definition) is 2. The number of amides is 2. The highest BCUT2D eigenvalue weighted by Crippen LogP contribution is 2.49.